The summed E-state index contributed by atoms with van der Waals surface area (Å²) in [7, 11) is 0.634. The molecule has 1 aromatic rings. The fraction of sp³-hybridized carbons (Fsp3) is 0.318. The van der Waals surface area contributed by atoms with Gasteiger partial charge in [-0.05, 0) is 57.0 Å². The number of terminal acetylenes is 1. The molecular formula is C22H23BO4. The van der Waals surface area contributed by atoms with E-state index >= 15 is 0 Å². The minimum absolute atomic E-state index is 0.367. The first-order valence-corrected chi connectivity index (χ1v) is 8.84. The lowest BCUT2D eigenvalue weighted by atomic mass is 9.73. The van der Waals surface area contributed by atoms with Crippen molar-refractivity contribution in [3.63, 3.8) is 0 Å². The van der Waals surface area contributed by atoms with Crippen molar-refractivity contribution in [3.8, 4) is 23.5 Å². The van der Waals surface area contributed by atoms with Crippen LogP contribution in [0.4, 0.5) is 0 Å². The van der Waals surface area contributed by atoms with E-state index in [0.29, 0.717) is 16.6 Å². The Morgan fingerprint density at radius 1 is 1.04 bits per heavy atom. The van der Waals surface area contributed by atoms with Gasteiger partial charge in [0, 0.05) is 11.0 Å². The molecule has 3 aliphatic rings. The summed E-state index contributed by atoms with van der Waals surface area (Å²) >= 11 is 0. The zero-order chi connectivity index (χ0) is 19.8. The predicted molar refractivity (Wildman–Crippen MR) is 107 cm³/mol. The summed E-state index contributed by atoms with van der Waals surface area (Å²) in [6.07, 6.45) is 5.55. The van der Waals surface area contributed by atoms with E-state index in [1.165, 1.54) is 18.2 Å². The van der Waals surface area contributed by atoms with Crippen LogP contribution in [0.1, 0.15) is 43.6 Å². The van der Waals surface area contributed by atoms with Crippen molar-refractivity contribution in [1.29, 1.82) is 0 Å². The van der Waals surface area contributed by atoms with Gasteiger partial charge in [-0.1, -0.05) is 30.2 Å². The molecule has 0 atom stereocenters. The zero-order valence-electron chi connectivity index (χ0n) is 16.3. The monoisotopic (exact) mass is 362 g/mol. The van der Waals surface area contributed by atoms with Crippen LogP contribution in [0.25, 0.3) is 11.1 Å². The molecule has 0 saturated carbocycles. The lowest BCUT2D eigenvalue weighted by molar-refractivity contribution is 0.00578. The number of ether oxygens (including phenoxy) is 1. The van der Waals surface area contributed by atoms with Crippen molar-refractivity contribution >= 4 is 18.6 Å². The van der Waals surface area contributed by atoms with Crippen LogP contribution in [0.3, 0.4) is 0 Å². The molecule has 1 heterocycles. The summed E-state index contributed by atoms with van der Waals surface area (Å²) < 4.78 is 16.8. The number of fused-ring (bicyclic) bond motifs is 1. The lowest BCUT2D eigenvalue weighted by Crippen LogP contribution is -2.41. The van der Waals surface area contributed by atoms with E-state index < -0.39 is 24.3 Å². The van der Waals surface area contributed by atoms with Gasteiger partial charge in [0.05, 0.1) is 23.9 Å². The van der Waals surface area contributed by atoms with Crippen LogP contribution in [-0.4, -0.2) is 31.4 Å². The molecule has 0 amide bonds. The van der Waals surface area contributed by atoms with Crippen molar-refractivity contribution in [2.24, 2.45) is 0 Å². The van der Waals surface area contributed by atoms with Gasteiger partial charge in [0.25, 0.3) is 0 Å². The maximum absolute atomic E-state index is 12.0. The van der Waals surface area contributed by atoms with Crippen molar-refractivity contribution < 1.29 is 18.8 Å². The lowest BCUT2D eigenvalue weighted by Gasteiger charge is -2.32. The predicted octanol–water partition coefficient (Wildman–Crippen LogP) is 3.42. The van der Waals surface area contributed by atoms with E-state index in [-0.39, 0.29) is 0 Å². The average Bonchev–Trinajstić information content (AvgIpc) is 3.16. The SMILES string of the molecule is C#Cc1cccc(C(=O)OC)c1B1OC(C)(C)C(C)(C)O1.c1cc2cc-2c1. The number of hydrogen-bond donors (Lipinski definition) is 0. The molecule has 4 nitrogen and oxygen atoms in total. The van der Waals surface area contributed by atoms with Gasteiger partial charge in [-0.25, -0.2) is 4.79 Å². The van der Waals surface area contributed by atoms with E-state index in [4.69, 9.17) is 20.5 Å². The topological polar surface area (TPSA) is 44.8 Å². The number of esters is 1. The van der Waals surface area contributed by atoms with E-state index in [2.05, 4.69) is 30.2 Å². The quantitative estimate of drug-likeness (QED) is 0.398. The molecule has 4 rings (SSSR count). The van der Waals surface area contributed by atoms with Crippen LogP contribution in [-0.2, 0) is 14.0 Å². The van der Waals surface area contributed by atoms with Crippen LogP contribution in [0, 0.1) is 12.3 Å². The van der Waals surface area contributed by atoms with Gasteiger partial charge in [-0.15, -0.1) is 6.42 Å². The molecule has 0 N–H and O–H groups in total. The minimum atomic E-state index is -0.698. The Morgan fingerprint density at radius 2 is 1.59 bits per heavy atom. The van der Waals surface area contributed by atoms with Gasteiger partial charge < -0.3 is 14.0 Å². The van der Waals surface area contributed by atoms with Crippen LogP contribution in [0.5, 0.6) is 0 Å². The molecule has 2 aliphatic carbocycles. The molecule has 1 fully saturated rings. The Morgan fingerprint density at radius 3 is 2.00 bits per heavy atom. The fourth-order valence-electron chi connectivity index (χ4n) is 2.87. The highest BCUT2D eigenvalue weighted by atomic mass is 16.7. The maximum atomic E-state index is 12.0. The van der Waals surface area contributed by atoms with Gasteiger partial charge in [-0.3, -0.25) is 0 Å². The third-order valence-electron chi connectivity index (χ3n) is 5.27. The first-order chi connectivity index (χ1) is 12.7. The normalized spacial score (nSPS) is 17.4. The van der Waals surface area contributed by atoms with Crippen molar-refractivity contribution in [2.45, 2.75) is 38.9 Å². The Hall–Kier alpha value is -2.55. The smallest absolute Gasteiger partial charge is 0.465 e. The number of rotatable bonds is 2. The highest BCUT2D eigenvalue weighted by Crippen LogP contribution is 2.37. The van der Waals surface area contributed by atoms with E-state index in [0.717, 1.165) is 0 Å². The van der Waals surface area contributed by atoms with Gasteiger partial charge in [-0.2, -0.15) is 0 Å². The van der Waals surface area contributed by atoms with Crippen molar-refractivity contribution in [2.75, 3.05) is 7.11 Å². The molecular weight excluding hydrogens is 339 g/mol. The molecule has 1 saturated heterocycles. The van der Waals surface area contributed by atoms with Crippen LogP contribution >= 0.6 is 0 Å². The summed E-state index contributed by atoms with van der Waals surface area (Å²) in [5.41, 5.74) is 3.32. The van der Waals surface area contributed by atoms with Crippen LogP contribution < -0.4 is 5.46 Å². The number of benzene rings is 2. The van der Waals surface area contributed by atoms with Gasteiger partial charge >= 0.3 is 13.1 Å². The summed E-state index contributed by atoms with van der Waals surface area (Å²) in [6, 6.07) is 13.6. The molecule has 1 aromatic carbocycles. The standard InChI is InChI=1S/C16H19BO4.C6H4/c1-7-11-9-8-10-12(14(18)19-6)13(11)17-20-15(2,3)16(4,5)21-17;1-2-5-4-6(5)3-1/h1,8-10H,2-6H3;1-4H. The number of hydrogen-bond acceptors (Lipinski definition) is 4. The Balaban J connectivity index is 0.000000290. The second-order valence-corrected chi connectivity index (χ2v) is 7.57. The molecule has 1 aliphatic heterocycles. The Labute approximate surface area is 161 Å². The third-order valence-corrected chi connectivity index (χ3v) is 5.27. The van der Waals surface area contributed by atoms with E-state index in [1.54, 1.807) is 18.2 Å². The molecule has 5 heteroatoms. The number of methoxy groups -OCH3 is 1. The number of carbonyl (C=O) groups excluding carboxylic acids is 1. The third kappa shape index (κ3) is 3.64. The van der Waals surface area contributed by atoms with E-state index in [9.17, 15) is 4.79 Å². The molecule has 0 bridgehead atoms. The summed E-state index contributed by atoms with van der Waals surface area (Å²) in [6.45, 7) is 7.79. The maximum Gasteiger partial charge on any atom is 0.497 e. The fourth-order valence-corrected chi connectivity index (χ4v) is 2.87. The first kappa shape index (κ1) is 19.2. The first-order valence-electron chi connectivity index (χ1n) is 8.84. The van der Waals surface area contributed by atoms with Gasteiger partial charge in [0.2, 0.25) is 0 Å². The molecule has 138 valence electrons. The Kier molecular flexibility index (Phi) is 4.90. The molecule has 0 unspecified atom stereocenters. The van der Waals surface area contributed by atoms with E-state index in [1.807, 2.05) is 27.7 Å². The highest BCUT2D eigenvalue weighted by molar-refractivity contribution is 6.64. The molecule has 0 radical (unpaired) electrons. The second kappa shape index (κ2) is 6.88. The number of carbonyl (C=O) groups is 1. The summed E-state index contributed by atoms with van der Waals surface area (Å²) in [5, 5.41) is 0. The largest absolute Gasteiger partial charge is 0.497 e. The van der Waals surface area contributed by atoms with Crippen LogP contribution in [0.2, 0.25) is 0 Å². The van der Waals surface area contributed by atoms with Crippen molar-refractivity contribution in [1.82, 2.24) is 0 Å². The highest BCUT2D eigenvalue weighted by Gasteiger charge is 2.53. The molecule has 27 heavy (non-hydrogen) atoms. The molecule has 0 spiro atoms. The summed E-state index contributed by atoms with van der Waals surface area (Å²) in [5.74, 6) is 2.12. The minimum Gasteiger partial charge on any atom is -0.465 e. The Bertz CT molecular complexity index is 891. The van der Waals surface area contributed by atoms with Gasteiger partial charge in [0.1, 0.15) is 0 Å². The zero-order valence-corrected chi connectivity index (χ0v) is 16.3. The second-order valence-electron chi connectivity index (χ2n) is 7.57. The van der Waals surface area contributed by atoms with Gasteiger partial charge in [0.15, 0.2) is 0 Å². The van der Waals surface area contributed by atoms with Crippen LogP contribution in [0.15, 0.2) is 42.5 Å². The molecule has 0 aromatic heterocycles. The average molecular weight is 362 g/mol. The summed E-state index contributed by atoms with van der Waals surface area (Å²) in [4.78, 5) is 12.0. The van der Waals surface area contributed by atoms with Crippen molar-refractivity contribution in [3.05, 3.63) is 53.6 Å².